The summed E-state index contributed by atoms with van der Waals surface area (Å²) < 4.78 is 50.5. The molecule has 0 unspecified atom stereocenters. The number of nitrogens with two attached hydrogens (primary N) is 1. The van der Waals surface area contributed by atoms with E-state index in [0.29, 0.717) is 10.9 Å². The topological polar surface area (TPSA) is 124 Å². The molecule has 0 bridgehead atoms. The summed E-state index contributed by atoms with van der Waals surface area (Å²) in [5, 5.41) is 12.5. The number of aliphatic hydroxyl groups excluding tert-OH is 1. The lowest BCUT2D eigenvalue weighted by atomic mass is 10.1. The molecule has 2 atom stereocenters. The van der Waals surface area contributed by atoms with Crippen LogP contribution in [0, 0.1) is 5.92 Å². The van der Waals surface area contributed by atoms with Crippen LogP contribution in [0.15, 0.2) is 28.7 Å². The Morgan fingerprint density at radius 2 is 1.91 bits per heavy atom. The van der Waals surface area contributed by atoms with Crippen molar-refractivity contribution in [3.63, 3.8) is 0 Å². The van der Waals surface area contributed by atoms with Crippen LogP contribution in [0.5, 0.6) is 5.75 Å². The summed E-state index contributed by atoms with van der Waals surface area (Å²) in [7, 11) is 1.32. The van der Waals surface area contributed by atoms with Gasteiger partial charge in [-0.3, -0.25) is 4.79 Å². The van der Waals surface area contributed by atoms with Crippen LogP contribution in [0.2, 0.25) is 0 Å². The number of carbonyl (C=O) groups is 1. The number of alkyl halides is 3. The minimum absolute atomic E-state index is 0.00763. The van der Waals surface area contributed by atoms with Crippen LogP contribution in [-0.4, -0.2) is 40.7 Å². The maximum Gasteiger partial charge on any atom is 0.433 e. The molecule has 0 saturated heterocycles. The van der Waals surface area contributed by atoms with Gasteiger partial charge < -0.3 is 25.3 Å². The number of benzene rings is 1. The average Bonchev–Trinajstić information content (AvgIpc) is 3.21. The van der Waals surface area contributed by atoms with Crippen molar-refractivity contribution in [2.75, 3.05) is 13.7 Å². The molecule has 178 valence electrons. The summed E-state index contributed by atoms with van der Waals surface area (Å²) in [6.07, 6.45) is -4.63. The molecule has 2 heterocycles. The number of oxazole rings is 1. The van der Waals surface area contributed by atoms with Gasteiger partial charge in [-0.25, -0.2) is 9.97 Å². The maximum absolute atomic E-state index is 13.2. The van der Waals surface area contributed by atoms with E-state index >= 15 is 0 Å². The minimum Gasteiger partial charge on any atom is -0.494 e. The Morgan fingerprint density at radius 1 is 1.21 bits per heavy atom. The Balaban J connectivity index is 2.14. The molecule has 8 nitrogen and oxygen atoms in total. The zero-order valence-electron chi connectivity index (χ0n) is 18.5. The molecular weight excluding hydrogens is 441 g/mol. The number of pyridine rings is 1. The Labute approximate surface area is 188 Å². The van der Waals surface area contributed by atoms with E-state index in [4.69, 9.17) is 14.9 Å². The first-order valence-electron chi connectivity index (χ1n) is 10.2. The molecule has 0 saturated carbocycles. The van der Waals surface area contributed by atoms with E-state index < -0.39 is 29.9 Å². The molecule has 1 aromatic carbocycles. The maximum atomic E-state index is 13.2. The van der Waals surface area contributed by atoms with Gasteiger partial charge in [-0.2, -0.15) is 13.2 Å². The molecule has 0 spiro atoms. The van der Waals surface area contributed by atoms with Gasteiger partial charge in [0.2, 0.25) is 5.89 Å². The summed E-state index contributed by atoms with van der Waals surface area (Å²) in [5.74, 6) is -0.387. The second kappa shape index (κ2) is 9.36. The van der Waals surface area contributed by atoms with Gasteiger partial charge in [-0.05, 0) is 37.1 Å². The number of nitrogens with zero attached hydrogens (tertiary/aromatic N) is 2. The van der Waals surface area contributed by atoms with E-state index in [-0.39, 0.29) is 41.1 Å². The van der Waals surface area contributed by atoms with Crippen LogP contribution >= 0.6 is 0 Å². The Hall–Kier alpha value is -3.18. The normalized spacial score (nSPS) is 13.9. The highest BCUT2D eigenvalue weighted by Crippen LogP contribution is 2.37. The van der Waals surface area contributed by atoms with Crippen LogP contribution in [0.1, 0.15) is 48.8 Å². The average molecular weight is 466 g/mol. The second-order valence-corrected chi connectivity index (χ2v) is 7.93. The molecule has 11 heteroatoms. The molecule has 3 rings (SSSR count). The molecule has 1 amide bonds. The van der Waals surface area contributed by atoms with E-state index in [1.165, 1.54) is 19.2 Å². The summed E-state index contributed by atoms with van der Waals surface area (Å²) in [6, 6.07) is 3.89. The van der Waals surface area contributed by atoms with Gasteiger partial charge in [-0.1, -0.05) is 13.8 Å². The largest absolute Gasteiger partial charge is 0.494 e. The fraction of sp³-hybridized carbons (Fsp3) is 0.409. The van der Waals surface area contributed by atoms with Crippen molar-refractivity contribution in [1.82, 2.24) is 15.3 Å². The summed E-state index contributed by atoms with van der Waals surface area (Å²) in [4.78, 5) is 20.9. The Bertz CT molecular complexity index is 1160. The van der Waals surface area contributed by atoms with E-state index in [2.05, 4.69) is 15.3 Å². The molecule has 2 aromatic heterocycles. The fourth-order valence-corrected chi connectivity index (χ4v) is 3.28. The molecule has 0 aliphatic rings. The van der Waals surface area contributed by atoms with Crippen molar-refractivity contribution in [1.29, 1.82) is 0 Å². The van der Waals surface area contributed by atoms with Crippen molar-refractivity contribution in [2.45, 2.75) is 39.0 Å². The lowest BCUT2D eigenvalue weighted by molar-refractivity contribution is -0.140. The van der Waals surface area contributed by atoms with Crippen molar-refractivity contribution in [3.8, 4) is 17.2 Å². The number of rotatable bonds is 7. The molecule has 0 radical (unpaired) electrons. The first-order chi connectivity index (χ1) is 15.5. The Kier molecular flexibility index (Phi) is 6.94. The van der Waals surface area contributed by atoms with Crippen molar-refractivity contribution >= 4 is 16.8 Å². The van der Waals surface area contributed by atoms with Crippen LogP contribution in [-0.2, 0) is 6.18 Å². The molecule has 3 aromatic rings. The van der Waals surface area contributed by atoms with Gasteiger partial charge in [-0.15, -0.1) is 0 Å². The van der Waals surface area contributed by atoms with Gasteiger partial charge >= 0.3 is 6.18 Å². The monoisotopic (exact) mass is 466 g/mol. The van der Waals surface area contributed by atoms with E-state index in [1.807, 2.05) is 13.8 Å². The molecular formula is C22H25F3N4O4. The van der Waals surface area contributed by atoms with Gasteiger partial charge in [0.15, 0.2) is 11.5 Å². The third-order valence-corrected chi connectivity index (χ3v) is 5.16. The number of ether oxygens (including phenoxy) is 1. The van der Waals surface area contributed by atoms with Crippen molar-refractivity contribution < 1.29 is 32.2 Å². The number of amides is 1. The summed E-state index contributed by atoms with van der Waals surface area (Å²) in [6.45, 7) is 5.02. The number of halogens is 3. The first-order valence-corrected chi connectivity index (χ1v) is 10.2. The van der Waals surface area contributed by atoms with Crippen LogP contribution < -0.4 is 15.8 Å². The highest BCUT2D eigenvalue weighted by atomic mass is 19.4. The highest BCUT2D eigenvalue weighted by Gasteiger charge is 2.33. The quantitative estimate of drug-likeness (QED) is 0.485. The lowest BCUT2D eigenvalue weighted by Gasteiger charge is -2.19. The number of nitrogens with one attached hydrogen (secondary N) is 1. The third kappa shape index (κ3) is 4.93. The van der Waals surface area contributed by atoms with Gasteiger partial charge in [0, 0.05) is 10.9 Å². The van der Waals surface area contributed by atoms with Gasteiger partial charge in [0.05, 0.1) is 25.8 Å². The lowest BCUT2D eigenvalue weighted by Crippen LogP contribution is -2.41. The zero-order valence-corrected chi connectivity index (χ0v) is 18.5. The molecule has 0 fully saturated rings. The minimum atomic E-state index is -4.63. The first kappa shape index (κ1) is 24.5. The molecule has 33 heavy (non-hydrogen) atoms. The van der Waals surface area contributed by atoms with Crippen molar-refractivity contribution in [2.24, 2.45) is 11.7 Å². The van der Waals surface area contributed by atoms with E-state index in [9.17, 15) is 23.1 Å². The van der Waals surface area contributed by atoms with Gasteiger partial charge in [0.1, 0.15) is 17.0 Å². The number of hydrogen-bond acceptors (Lipinski definition) is 7. The zero-order chi connectivity index (χ0) is 24.5. The van der Waals surface area contributed by atoms with Gasteiger partial charge in [0.25, 0.3) is 5.91 Å². The number of carbonyl (C=O) groups excluding carboxylic acids is 1. The van der Waals surface area contributed by atoms with E-state index in [1.54, 1.807) is 13.0 Å². The standard InChI is InChI=1S/C22H25F3N4O4/c1-10(2)14(9-30)27-20(31)18-19(11(3)26)33-21(29-18)13-5-7-15(32-4)17-12(13)6-8-16(28-17)22(23,24)25/h5-8,10-11,14,30H,9,26H2,1-4H3,(H,27,31)/t11-,14+/m0/s1. The van der Waals surface area contributed by atoms with Crippen LogP contribution in [0.4, 0.5) is 13.2 Å². The molecule has 4 N–H and O–H groups in total. The number of methoxy groups -OCH3 is 1. The fourth-order valence-electron chi connectivity index (χ4n) is 3.28. The van der Waals surface area contributed by atoms with E-state index in [0.717, 1.165) is 6.07 Å². The van der Waals surface area contributed by atoms with Crippen LogP contribution in [0.3, 0.4) is 0 Å². The predicted octanol–water partition coefficient (Wildman–Crippen LogP) is 3.68. The summed E-state index contributed by atoms with van der Waals surface area (Å²) >= 11 is 0. The van der Waals surface area contributed by atoms with Crippen LogP contribution in [0.25, 0.3) is 22.4 Å². The highest BCUT2D eigenvalue weighted by molar-refractivity contribution is 5.98. The number of hydrogen-bond donors (Lipinski definition) is 3. The smallest absolute Gasteiger partial charge is 0.433 e. The molecule has 0 aliphatic carbocycles. The number of aliphatic hydroxyl groups is 1. The number of aromatic nitrogens is 2. The second-order valence-electron chi connectivity index (χ2n) is 7.93. The third-order valence-electron chi connectivity index (χ3n) is 5.16. The Morgan fingerprint density at radius 3 is 2.45 bits per heavy atom. The summed E-state index contributed by atoms with van der Waals surface area (Å²) in [5.41, 5.74) is 5.12. The predicted molar refractivity (Wildman–Crippen MR) is 115 cm³/mol. The SMILES string of the molecule is COc1ccc(-c2nc(C(=O)N[C@H](CO)C(C)C)c([C@H](C)N)o2)c2ccc(C(F)(F)F)nc12. The van der Waals surface area contributed by atoms with Crippen molar-refractivity contribution in [3.05, 3.63) is 41.4 Å². The molecule has 0 aliphatic heterocycles. The number of fused-ring (bicyclic) bond motifs is 1.